The largest absolute Gasteiger partial charge is 0.278 e. The van der Waals surface area contributed by atoms with Crippen molar-refractivity contribution in [3.8, 4) is 22.3 Å². The average molecular weight is 545 g/mol. The minimum Gasteiger partial charge on any atom is -0.258 e. The second-order valence-corrected chi connectivity index (χ2v) is 11.1. The van der Waals surface area contributed by atoms with E-state index in [-0.39, 0.29) is 21.2 Å². The molecule has 0 saturated carbocycles. The van der Waals surface area contributed by atoms with E-state index in [0.717, 1.165) is 12.1 Å². The van der Waals surface area contributed by atoms with Gasteiger partial charge in [0.2, 0.25) is 9.84 Å². The quantitative estimate of drug-likeness (QED) is 0.168. The highest BCUT2D eigenvalue weighted by atomic mass is 32.2. The second kappa shape index (κ2) is 10.8. The standard InChI is InChI=1S/C30H28N2O6S/c1-5-23-19(3)29(21-13-9-7-10-14-21)25(31(33)34)17-27(23)39(37,38)28-18-26(32(35)36)30(20(4)24(28)6-2)22-15-11-8-12-16-22/h7-18H,5-6H2,1-4H3. The van der Waals surface area contributed by atoms with Gasteiger partial charge in [-0.3, -0.25) is 20.2 Å². The van der Waals surface area contributed by atoms with E-state index < -0.39 is 19.7 Å². The molecule has 8 nitrogen and oxygen atoms in total. The lowest BCUT2D eigenvalue weighted by Crippen LogP contribution is -2.13. The van der Waals surface area contributed by atoms with Crippen LogP contribution in [0.4, 0.5) is 11.4 Å². The zero-order chi connectivity index (χ0) is 28.5. The fourth-order valence-corrected chi connectivity index (χ4v) is 7.34. The molecule has 0 aromatic heterocycles. The van der Waals surface area contributed by atoms with Crippen LogP contribution in [0.25, 0.3) is 22.3 Å². The zero-order valence-electron chi connectivity index (χ0n) is 22.1. The van der Waals surface area contributed by atoms with Crippen molar-refractivity contribution in [2.75, 3.05) is 0 Å². The molecule has 0 saturated heterocycles. The molecule has 0 spiro atoms. The summed E-state index contributed by atoms with van der Waals surface area (Å²) < 4.78 is 28.6. The minimum atomic E-state index is -4.39. The predicted molar refractivity (Wildman–Crippen MR) is 151 cm³/mol. The van der Waals surface area contributed by atoms with Gasteiger partial charge in [-0.05, 0) is 60.1 Å². The summed E-state index contributed by atoms with van der Waals surface area (Å²) in [5, 5.41) is 24.4. The molecule has 0 fully saturated rings. The van der Waals surface area contributed by atoms with E-state index in [1.54, 1.807) is 88.4 Å². The van der Waals surface area contributed by atoms with E-state index in [9.17, 15) is 28.6 Å². The fourth-order valence-electron chi connectivity index (χ4n) is 5.33. The van der Waals surface area contributed by atoms with E-state index in [1.165, 1.54) is 0 Å². The van der Waals surface area contributed by atoms with Crippen molar-refractivity contribution in [2.24, 2.45) is 0 Å². The molecular weight excluding hydrogens is 516 g/mol. The lowest BCUT2D eigenvalue weighted by Gasteiger charge is -2.20. The van der Waals surface area contributed by atoms with Crippen molar-refractivity contribution in [1.29, 1.82) is 0 Å². The molecule has 0 unspecified atom stereocenters. The van der Waals surface area contributed by atoms with Gasteiger partial charge in [0, 0.05) is 12.1 Å². The van der Waals surface area contributed by atoms with Gasteiger partial charge in [-0.2, -0.15) is 0 Å². The zero-order valence-corrected chi connectivity index (χ0v) is 22.9. The van der Waals surface area contributed by atoms with E-state index in [2.05, 4.69) is 0 Å². The van der Waals surface area contributed by atoms with Gasteiger partial charge in [-0.25, -0.2) is 8.42 Å². The van der Waals surface area contributed by atoms with Crippen LogP contribution in [0, 0.1) is 34.1 Å². The van der Waals surface area contributed by atoms with Crippen LogP contribution in [0.2, 0.25) is 0 Å². The van der Waals surface area contributed by atoms with E-state index in [0.29, 0.717) is 57.3 Å². The number of nitro benzene ring substituents is 2. The second-order valence-electron chi connectivity index (χ2n) is 9.20. The molecule has 0 aliphatic heterocycles. The number of nitrogens with zero attached hydrogens (tertiary/aromatic N) is 2. The van der Waals surface area contributed by atoms with Gasteiger partial charge in [0.15, 0.2) is 0 Å². The number of rotatable bonds is 8. The summed E-state index contributed by atoms with van der Waals surface area (Å²) in [7, 11) is -4.39. The Morgan fingerprint density at radius 1 is 0.641 bits per heavy atom. The maximum absolute atomic E-state index is 14.3. The van der Waals surface area contributed by atoms with Crippen molar-refractivity contribution in [2.45, 2.75) is 50.3 Å². The third kappa shape index (κ3) is 4.81. The summed E-state index contributed by atoms with van der Waals surface area (Å²) in [6, 6.07) is 19.8. The molecule has 39 heavy (non-hydrogen) atoms. The first kappa shape index (κ1) is 27.7. The van der Waals surface area contributed by atoms with Gasteiger partial charge in [-0.15, -0.1) is 0 Å². The summed E-state index contributed by atoms with van der Waals surface area (Å²) >= 11 is 0. The van der Waals surface area contributed by atoms with Crippen molar-refractivity contribution in [3.63, 3.8) is 0 Å². The lowest BCUT2D eigenvalue weighted by atomic mass is 9.93. The Balaban J connectivity index is 2.08. The Morgan fingerprint density at radius 3 is 1.26 bits per heavy atom. The van der Waals surface area contributed by atoms with Crippen LogP contribution in [-0.2, 0) is 22.7 Å². The van der Waals surface area contributed by atoms with Crippen molar-refractivity contribution < 1.29 is 18.3 Å². The van der Waals surface area contributed by atoms with E-state index in [1.807, 2.05) is 0 Å². The molecule has 4 rings (SSSR count). The Bertz CT molecular complexity index is 1580. The Hall–Kier alpha value is -4.37. The highest BCUT2D eigenvalue weighted by Crippen LogP contribution is 2.44. The summed E-state index contributed by atoms with van der Waals surface area (Å²) in [6.07, 6.45) is 0.589. The number of sulfone groups is 1. The molecule has 9 heteroatoms. The smallest absolute Gasteiger partial charge is 0.258 e. The maximum Gasteiger partial charge on any atom is 0.278 e. The molecule has 0 aliphatic carbocycles. The predicted octanol–water partition coefficient (Wildman–Crippen LogP) is 7.41. The fraction of sp³-hybridized carbons (Fsp3) is 0.200. The van der Waals surface area contributed by atoms with Gasteiger partial charge in [0.1, 0.15) is 0 Å². The van der Waals surface area contributed by atoms with Gasteiger partial charge in [-0.1, -0.05) is 74.5 Å². The highest BCUT2D eigenvalue weighted by molar-refractivity contribution is 7.91. The molecule has 4 aromatic rings. The van der Waals surface area contributed by atoms with Crippen LogP contribution in [0.5, 0.6) is 0 Å². The first-order valence-corrected chi connectivity index (χ1v) is 14.0. The summed E-state index contributed by atoms with van der Waals surface area (Å²) in [6.45, 7) is 6.93. The molecular formula is C30H28N2O6S. The third-order valence-corrected chi connectivity index (χ3v) is 8.99. The van der Waals surface area contributed by atoms with Gasteiger partial charge in [0.05, 0.1) is 30.8 Å². The van der Waals surface area contributed by atoms with Crippen molar-refractivity contribution >= 4 is 21.2 Å². The first-order valence-electron chi connectivity index (χ1n) is 12.5. The number of hydrogen-bond donors (Lipinski definition) is 0. The SMILES string of the molecule is CCc1c(S(=O)(=O)c2cc([N+](=O)[O-])c(-c3ccccc3)c(C)c2CC)cc([N+](=O)[O-])c(-c2ccccc2)c1C. The maximum atomic E-state index is 14.3. The molecule has 200 valence electrons. The van der Waals surface area contributed by atoms with E-state index in [4.69, 9.17) is 0 Å². The van der Waals surface area contributed by atoms with Crippen LogP contribution in [0.1, 0.15) is 36.1 Å². The van der Waals surface area contributed by atoms with E-state index >= 15 is 0 Å². The summed E-state index contributed by atoms with van der Waals surface area (Å²) in [5.74, 6) is 0. The molecule has 0 amide bonds. The third-order valence-electron chi connectivity index (χ3n) is 7.10. The Kier molecular flexibility index (Phi) is 7.65. The van der Waals surface area contributed by atoms with Crippen molar-refractivity contribution in [3.05, 3.63) is 115 Å². The monoisotopic (exact) mass is 544 g/mol. The number of nitro groups is 2. The normalized spacial score (nSPS) is 11.4. The minimum absolute atomic E-state index is 0.204. The van der Waals surface area contributed by atoms with Crippen LogP contribution in [0.15, 0.2) is 82.6 Å². The number of hydrogen-bond acceptors (Lipinski definition) is 6. The molecule has 4 aromatic carbocycles. The van der Waals surface area contributed by atoms with Gasteiger partial charge >= 0.3 is 0 Å². The summed E-state index contributed by atoms with van der Waals surface area (Å²) in [5.41, 5.74) is 3.11. The topological polar surface area (TPSA) is 120 Å². The van der Waals surface area contributed by atoms with Crippen LogP contribution in [-0.4, -0.2) is 18.3 Å². The Morgan fingerprint density at radius 2 is 0.974 bits per heavy atom. The lowest BCUT2D eigenvalue weighted by molar-refractivity contribution is -0.384. The number of benzene rings is 4. The molecule has 0 N–H and O–H groups in total. The average Bonchev–Trinajstić information content (AvgIpc) is 2.92. The van der Waals surface area contributed by atoms with Crippen LogP contribution < -0.4 is 0 Å². The van der Waals surface area contributed by atoms with Gasteiger partial charge < -0.3 is 0 Å². The molecule has 0 aliphatic rings. The molecule has 0 heterocycles. The van der Waals surface area contributed by atoms with Crippen LogP contribution >= 0.6 is 0 Å². The summed E-state index contributed by atoms with van der Waals surface area (Å²) in [4.78, 5) is 22.8. The molecule has 0 atom stereocenters. The van der Waals surface area contributed by atoms with Crippen LogP contribution in [0.3, 0.4) is 0 Å². The highest BCUT2D eigenvalue weighted by Gasteiger charge is 2.34. The first-order chi connectivity index (χ1) is 18.5. The van der Waals surface area contributed by atoms with Crippen molar-refractivity contribution in [1.82, 2.24) is 0 Å². The van der Waals surface area contributed by atoms with Gasteiger partial charge in [0.25, 0.3) is 11.4 Å². The Labute approximate surface area is 227 Å². The molecule has 0 bridgehead atoms. The molecule has 0 radical (unpaired) electrons.